The molecule has 3 aromatic rings. The van der Waals surface area contributed by atoms with Gasteiger partial charge in [0.2, 0.25) is 5.91 Å². The Labute approximate surface area is 216 Å². The van der Waals surface area contributed by atoms with E-state index in [1.807, 2.05) is 24.3 Å². The van der Waals surface area contributed by atoms with Crippen molar-refractivity contribution >= 4 is 17.5 Å². The molecule has 0 bridgehead atoms. The summed E-state index contributed by atoms with van der Waals surface area (Å²) in [5.41, 5.74) is 2.01. The Kier molecular flexibility index (Phi) is 7.84. The van der Waals surface area contributed by atoms with Crippen LogP contribution in [0.3, 0.4) is 0 Å². The first-order valence-electron chi connectivity index (χ1n) is 12.9. The molecule has 1 atom stereocenters. The predicted octanol–water partition coefficient (Wildman–Crippen LogP) is 4.70. The number of nitrogens with one attached hydrogen (secondary N) is 1. The van der Waals surface area contributed by atoms with E-state index in [1.54, 1.807) is 30.3 Å². The molecule has 0 radical (unpaired) electrons. The van der Waals surface area contributed by atoms with Crippen LogP contribution in [0.25, 0.3) is 0 Å². The van der Waals surface area contributed by atoms with Gasteiger partial charge in [0.25, 0.3) is 5.91 Å². The van der Waals surface area contributed by atoms with Crippen LogP contribution in [-0.2, 0) is 16.1 Å². The monoisotopic (exact) mass is 505 g/mol. The second kappa shape index (κ2) is 11.6. The van der Waals surface area contributed by atoms with E-state index in [9.17, 15) is 14.0 Å². The summed E-state index contributed by atoms with van der Waals surface area (Å²) in [5, 5.41) is 3.15. The van der Waals surface area contributed by atoms with Gasteiger partial charge in [-0.2, -0.15) is 0 Å². The van der Waals surface area contributed by atoms with E-state index in [0.29, 0.717) is 24.3 Å². The standard InChI is InChI=1S/C29H32FN3O4/c30-25-9-4-1-6-22(25)20-33(29(35)26-10-5-17-37-26)27(28(34)31-23-7-2-3-8-23)21-11-13-24(14-12-21)32-15-18-36-19-16-32/h1,4-6,9-14,17,23,27H,2-3,7-8,15-16,18-20H2,(H,31,34)/t27-/m0/s1. The van der Waals surface area contributed by atoms with Gasteiger partial charge in [-0.1, -0.05) is 43.2 Å². The van der Waals surface area contributed by atoms with E-state index < -0.39 is 17.8 Å². The lowest BCUT2D eigenvalue weighted by Gasteiger charge is -2.33. The maximum absolute atomic E-state index is 14.7. The van der Waals surface area contributed by atoms with Crippen LogP contribution in [0.5, 0.6) is 0 Å². The van der Waals surface area contributed by atoms with Crippen LogP contribution in [0.4, 0.5) is 10.1 Å². The fraction of sp³-hybridized carbons (Fsp3) is 0.379. The highest BCUT2D eigenvalue weighted by Gasteiger charge is 2.35. The SMILES string of the molecule is O=C(NC1CCCC1)[C@H](c1ccc(N2CCOCC2)cc1)N(Cc1ccccc1F)C(=O)c1ccco1. The lowest BCUT2D eigenvalue weighted by molar-refractivity contribution is -0.126. The number of carbonyl (C=O) groups excluding carboxylic acids is 2. The third-order valence-corrected chi connectivity index (χ3v) is 7.14. The molecule has 2 heterocycles. The number of halogens is 1. The lowest BCUT2D eigenvalue weighted by atomic mass is 10.0. The average molecular weight is 506 g/mol. The highest BCUT2D eigenvalue weighted by molar-refractivity contribution is 5.96. The molecule has 194 valence electrons. The van der Waals surface area contributed by atoms with E-state index in [2.05, 4.69) is 10.2 Å². The molecular formula is C29H32FN3O4. The van der Waals surface area contributed by atoms with Crippen molar-refractivity contribution in [3.05, 3.63) is 89.6 Å². The van der Waals surface area contributed by atoms with Crippen molar-refractivity contribution in [1.82, 2.24) is 10.2 Å². The van der Waals surface area contributed by atoms with Gasteiger partial charge in [-0.05, 0) is 48.7 Å². The molecule has 5 rings (SSSR count). The van der Waals surface area contributed by atoms with Gasteiger partial charge in [-0.25, -0.2) is 4.39 Å². The fourth-order valence-electron chi connectivity index (χ4n) is 5.14. The molecule has 1 aliphatic carbocycles. The van der Waals surface area contributed by atoms with Crippen LogP contribution < -0.4 is 10.2 Å². The van der Waals surface area contributed by atoms with Gasteiger partial charge >= 0.3 is 0 Å². The quantitative estimate of drug-likeness (QED) is 0.481. The second-order valence-electron chi connectivity index (χ2n) is 9.59. The Balaban J connectivity index is 1.51. The normalized spacial score (nSPS) is 16.9. The minimum atomic E-state index is -0.962. The topological polar surface area (TPSA) is 75.0 Å². The van der Waals surface area contributed by atoms with Crippen LogP contribution in [0.1, 0.15) is 53.4 Å². The zero-order chi connectivity index (χ0) is 25.6. The number of morpholine rings is 1. The fourth-order valence-corrected chi connectivity index (χ4v) is 5.14. The van der Waals surface area contributed by atoms with Gasteiger partial charge in [0.05, 0.1) is 26.0 Å². The first-order chi connectivity index (χ1) is 18.1. The third-order valence-electron chi connectivity index (χ3n) is 7.14. The molecular weight excluding hydrogens is 473 g/mol. The summed E-state index contributed by atoms with van der Waals surface area (Å²) < 4.78 is 25.6. The van der Waals surface area contributed by atoms with Gasteiger partial charge < -0.3 is 24.3 Å². The first kappa shape index (κ1) is 25.0. The van der Waals surface area contributed by atoms with E-state index in [-0.39, 0.29) is 24.3 Å². The summed E-state index contributed by atoms with van der Waals surface area (Å²) in [4.78, 5) is 31.2. The Morgan fingerprint density at radius 3 is 2.41 bits per heavy atom. The molecule has 2 aromatic carbocycles. The molecule has 8 heteroatoms. The lowest BCUT2D eigenvalue weighted by Crippen LogP contribution is -2.46. The zero-order valence-electron chi connectivity index (χ0n) is 20.8. The van der Waals surface area contributed by atoms with Crippen molar-refractivity contribution in [3.63, 3.8) is 0 Å². The second-order valence-corrected chi connectivity index (χ2v) is 9.59. The van der Waals surface area contributed by atoms with Crippen LogP contribution in [0, 0.1) is 5.82 Å². The smallest absolute Gasteiger partial charge is 0.290 e. The van der Waals surface area contributed by atoms with Crippen molar-refractivity contribution < 1.29 is 23.1 Å². The van der Waals surface area contributed by atoms with E-state index >= 15 is 0 Å². The number of rotatable bonds is 8. The van der Waals surface area contributed by atoms with Gasteiger partial charge in [0, 0.05) is 30.4 Å². The van der Waals surface area contributed by atoms with Crippen LogP contribution in [0.2, 0.25) is 0 Å². The Morgan fingerprint density at radius 2 is 1.73 bits per heavy atom. The molecule has 0 unspecified atom stereocenters. The summed E-state index contributed by atoms with van der Waals surface area (Å²) >= 11 is 0. The highest BCUT2D eigenvalue weighted by Crippen LogP contribution is 2.30. The molecule has 7 nitrogen and oxygen atoms in total. The van der Waals surface area contributed by atoms with Crippen molar-refractivity contribution in [1.29, 1.82) is 0 Å². The molecule has 2 amide bonds. The van der Waals surface area contributed by atoms with Gasteiger partial charge in [0.1, 0.15) is 11.9 Å². The predicted molar refractivity (Wildman–Crippen MR) is 138 cm³/mol. The Bertz CT molecular complexity index is 1190. The maximum Gasteiger partial charge on any atom is 0.290 e. The molecule has 37 heavy (non-hydrogen) atoms. The molecule has 2 aliphatic rings. The number of nitrogens with zero attached hydrogens (tertiary/aromatic N) is 2. The zero-order valence-corrected chi connectivity index (χ0v) is 20.8. The minimum Gasteiger partial charge on any atom is -0.459 e. The number of hydrogen-bond donors (Lipinski definition) is 1. The Hall–Kier alpha value is -3.65. The van der Waals surface area contributed by atoms with Crippen molar-refractivity contribution in [3.8, 4) is 0 Å². The van der Waals surface area contributed by atoms with Crippen LogP contribution in [0.15, 0.2) is 71.3 Å². The molecule has 2 fully saturated rings. The van der Waals surface area contributed by atoms with Crippen molar-refractivity contribution in [2.45, 2.75) is 44.3 Å². The molecule has 0 spiro atoms. The molecule has 1 aliphatic heterocycles. The van der Waals surface area contributed by atoms with Gasteiger partial charge in [-0.15, -0.1) is 0 Å². The van der Waals surface area contributed by atoms with Crippen molar-refractivity contribution in [2.24, 2.45) is 0 Å². The average Bonchev–Trinajstić information content (AvgIpc) is 3.65. The van der Waals surface area contributed by atoms with E-state index in [4.69, 9.17) is 9.15 Å². The summed E-state index contributed by atoms with van der Waals surface area (Å²) in [6.45, 7) is 2.84. The molecule has 1 aromatic heterocycles. The summed E-state index contributed by atoms with van der Waals surface area (Å²) in [5.74, 6) is -1.09. The summed E-state index contributed by atoms with van der Waals surface area (Å²) in [7, 11) is 0. The van der Waals surface area contributed by atoms with E-state index in [1.165, 1.54) is 17.2 Å². The van der Waals surface area contributed by atoms with Crippen LogP contribution in [-0.4, -0.2) is 49.1 Å². The molecule has 1 N–H and O–H groups in total. The largest absolute Gasteiger partial charge is 0.459 e. The maximum atomic E-state index is 14.7. The first-order valence-corrected chi connectivity index (χ1v) is 12.9. The Morgan fingerprint density at radius 1 is 1.00 bits per heavy atom. The number of hydrogen-bond acceptors (Lipinski definition) is 5. The number of amides is 2. The van der Waals surface area contributed by atoms with Gasteiger partial charge in [0.15, 0.2) is 5.76 Å². The van der Waals surface area contributed by atoms with Crippen LogP contribution >= 0.6 is 0 Å². The number of furan rings is 1. The van der Waals surface area contributed by atoms with Gasteiger partial charge in [-0.3, -0.25) is 9.59 Å². The molecule has 1 saturated heterocycles. The van der Waals surface area contributed by atoms with Crippen molar-refractivity contribution in [2.75, 3.05) is 31.2 Å². The van der Waals surface area contributed by atoms with E-state index in [0.717, 1.165) is 44.5 Å². The minimum absolute atomic E-state index is 0.0663. The molecule has 1 saturated carbocycles. The number of ether oxygens (including phenoxy) is 1. The summed E-state index contributed by atoms with van der Waals surface area (Å²) in [6.07, 6.45) is 5.36. The number of benzene rings is 2. The highest BCUT2D eigenvalue weighted by atomic mass is 19.1. The third kappa shape index (κ3) is 5.85. The summed E-state index contributed by atoms with van der Waals surface area (Å²) in [6, 6.07) is 16.3. The number of anilines is 1. The number of carbonyl (C=O) groups is 2.